The third-order valence-electron chi connectivity index (χ3n) is 5.09. The normalized spacial score (nSPS) is 15.7. The lowest BCUT2D eigenvalue weighted by Gasteiger charge is -2.22. The summed E-state index contributed by atoms with van der Waals surface area (Å²) in [6, 6.07) is 12.9. The number of halogens is 1. The zero-order valence-corrected chi connectivity index (χ0v) is 18.5. The number of benzene rings is 2. The second kappa shape index (κ2) is 10.3. The first-order chi connectivity index (χ1) is 14.4. The molecule has 30 heavy (non-hydrogen) atoms. The predicted molar refractivity (Wildman–Crippen MR) is 117 cm³/mol. The van der Waals surface area contributed by atoms with Gasteiger partial charge in [0.05, 0.1) is 6.61 Å². The lowest BCUT2D eigenvalue weighted by Crippen LogP contribution is -2.50. The highest BCUT2D eigenvalue weighted by atomic mass is 35.5. The summed E-state index contributed by atoms with van der Waals surface area (Å²) in [5.74, 6) is -0.127. The third-order valence-corrected chi connectivity index (χ3v) is 6.82. The molecule has 162 valence electrons. The van der Waals surface area contributed by atoms with Crippen LogP contribution in [-0.2, 0) is 21.2 Å². The standard InChI is InChI=1S/C22H27ClN2O4S/c1-2-29-20-13-12-17(23)15-21(20)30(27,28)25-19(14-16-8-4-3-5-9-16)22(26)24-18-10-6-7-11-18/h3-5,8-9,12-13,15,18-19,25H,2,6-7,10-11,14H2,1H3,(H,24,26). The van der Waals surface area contributed by atoms with E-state index in [0.29, 0.717) is 6.61 Å². The minimum atomic E-state index is -4.05. The van der Waals surface area contributed by atoms with Gasteiger partial charge in [0.25, 0.3) is 0 Å². The average molecular weight is 451 g/mol. The second-order valence-corrected chi connectivity index (χ2v) is 9.50. The topological polar surface area (TPSA) is 84.5 Å². The van der Waals surface area contributed by atoms with Crippen LogP contribution in [0.3, 0.4) is 0 Å². The van der Waals surface area contributed by atoms with Crippen molar-refractivity contribution in [1.29, 1.82) is 0 Å². The van der Waals surface area contributed by atoms with E-state index in [1.165, 1.54) is 12.1 Å². The Morgan fingerprint density at radius 2 is 1.87 bits per heavy atom. The number of carbonyl (C=O) groups is 1. The summed E-state index contributed by atoms with van der Waals surface area (Å²) >= 11 is 6.04. The zero-order valence-electron chi connectivity index (χ0n) is 16.9. The van der Waals surface area contributed by atoms with Crippen molar-refractivity contribution in [2.75, 3.05) is 6.61 Å². The summed E-state index contributed by atoms with van der Waals surface area (Å²) in [5, 5.41) is 3.27. The van der Waals surface area contributed by atoms with Gasteiger partial charge >= 0.3 is 0 Å². The van der Waals surface area contributed by atoms with Crippen LogP contribution in [0.1, 0.15) is 38.2 Å². The van der Waals surface area contributed by atoms with E-state index in [1.807, 2.05) is 30.3 Å². The van der Waals surface area contributed by atoms with Crippen molar-refractivity contribution < 1.29 is 17.9 Å². The van der Waals surface area contributed by atoms with Crippen LogP contribution in [0.5, 0.6) is 5.75 Å². The molecule has 0 aromatic heterocycles. The van der Waals surface area contributed by atoms with Crippen molar-refractivity contribution in [2.24, 2.45) is 0 Å². The maximum absolute atomic E-state index is 13.2. The highest BCUT2D eigenvalue weighted by Gasteiger charge is 2.30. The molecule has 6 nitrogen and oxygen atoms in total. The van der Waals surface area contributed by atoms with Gasteiger partial charge in [0, 0.05) is 11.1 Å². The highest BCUT2D eigenvalue weighted by molar-refractivity contribution is 7.89. The van der Waals surface area contributed by atoms with Crippen molar-refractivity contribution in [3.05, 3.63) is 59.1 Å². The minimum Gasteiger partial charge on any atom is -0.492 e. The fourth-order valence-corrected chi connectivity index (χ4v) is 5.23. The summed E-state index contributed by atoms with van der Waals surface area (Å²) in [4.78, 5) is 12.9. The van der Waals surface area contributed by atoms with E-state index < -0.39 is 16.1 Å². The molecular weight excluding hydrogens is 424 g/mol. The van der Waals surface area contributed by atoms with Gasteiger partial charge in [0.1, 0.15) is 16.7 Å². The molecule has 0 heterocycles. The summed E-state index contributed by atoms with van der Waals surface area (Å²) in [6.07, 6.45) is 4.21. The van der Waals surface area contributed by atoms with Gasteiger partial charge in [0.2, 0.25) is 15.9 Å². The van der Waals surface area contributed by atoms with E-state index in [2.05, 4.69) is 10.0 Å². The lowest BCUT2D eigenvalue weighted by molar-refractivity contribution is -0.123. The highest BCUT2D eigenvalue weighted by Crippen LogP contribution is 2.28. The first kappa shape index (κ1) is 22.6. The first-order valence-electron chi connectivity index (χ1n) is 10.2. The van der Waals surface area contributed by atoms with Crippen LogP contribution < -0.4 is 14.8 Å². The molecule has 1 unspecified atom stereocenters. The molecule has 1 aliphatic carbocycles. The fourth-order valence-electron chi connectivity index (χ4n) is 3.63. The Morgan fingerprint density at radius 3 is 2.53 bits per heavy atom. The molecule has 2 N–H and O–H groups in total. The van der Waals surface area contributed by atoms with Crippen molar-refractivity contribution in [2.45, 2.75) is 56.0 Å². The molecule has 1 atom stereocenters. The maximum atomic E-state index is 13.2. The Kier molecular flexibility index (Phi) is 7.75. The predicted octanol–water partition coefficient (Wildman–Crippen LogP) is 3.69. The number of sulfonamides is 1. The molecule has 1 aliphatic rings. The molecule has 8 heteroatoms. The number of ether oxygens (including phenoxy) is 1. The summed E-state index contributed by atoms with van der Waals surface area (Å²) < 4.78 is 34.4. The van der Waals surface area contributed by atoms with E-state index in [0.717, 1.165) is 31.2 Å². The maximum Gasteiger partial charge on any atom is 0.245 e. The van der Waals surface area contributed by atoms with Gasteiger partial charge in [0.15, 0.2) is 0 Å². The van der Waals surface area contributed by atoms with Gasteiger partial charge in [-0.25, -0.2) is 8.42 Å². The molecule has 0 radical (unpaired) electrons. The summed E-state index contributed by atoms with van der Waals surface area (Å²) in [7, 11) is -4.05. The molecule has 0 aliphatic heterocycles. The number of rotatable bonds is 9. The summed E-state index contributed by atoms with van der Waals surface area (Å²) in [6.45, 7) is 2.07. The van der Waals surface area contributed by atoms with E-state index in [1.54, 1.807) is 13.0 Å². The van der Waals surface area contributed by atoms with Crippen LogP contribution in [0.2, 0.25) is 5.02 Å². The SMILES string of the molecule is CCOc1ccc(Cl)cc1S(=O)(=O)NC(Cc1ccccc1)C(=O)NC1CCCC1. The van der Waals surface area contributed by atoms with E-state index in [4.69, 9.17) is 16.3 Å². The average Bonchev–Trinajstić information content (AvgIpc) is 3.22. The van der Waals surface area contributed by atoms with Crippen LogP contribution in [0.15, 0.2) is 53.4 Å². The quantitative estimate of drug-likeness (QED) is 0.610. The molecule has 2 aromatic carbocycles. The van der Waals surface area contributed by atoms with Crippen molar-refractivity contribution >= 4 is 27.5 Å². The Morgan fingerprint density at radius 1 is 1.17 bits per heavy atom. The number of hydrogen-bond donors (Lipinski definition) is 2. The van der Waals surface area contributed by atoms with E-state index >= 15 is 0 Å². The smallest absolute Gasteiger partial charge is 0.245 e. The van der Waals surface area contributed by atoms with Crippen LogP contribution in [-0.4, -0.2) is 33.0 Å². The number of amides is 1. The lowest BCUT2D eigenvalue weighted by atomic mass is 10.1. The van der Waals surface area contributed by atoms with Gasteiger partial charge < -0.3 is 10.1 Å². The number of nitrogens with one attached hydrogen (secondary N) is 2. The van der Waals surface area contributed by atoms with Crippen molar-refractivity contribution in [1.82, 2.24) is 10.0 Å². The number of carbonyl (C=O) groups excluding carboxylic acids is 1. The van der Waals surface area contributed by atoms with E-state index in [-0.39, 0.29) is 34.0 Å². The molecule has 1 fully saturated rings. The summed E-state index contributed by atoms with van der Waals surface area (Å²) in [5.41, 5.74) is 0.864. The molecule has 3 rings (SSSR count). The third kappa shape index (κ3) is 5.97. The molecule has 0 spiro atoms. The monoisotopic (exact) mass is 450 g/mol. The molecule has 2 aromatic rings. The second-order valence-electron chi connectivity index (χ2n) is 7.38. The van der Waals surface area contributed by atoms with Gasteiger partial charge in [-0.15, -0.1) is 0 Å². The van der Waals surface area contributed by atoms with Crippen LogP contribution in [0.4, 0.5) is 0 Å². The van der Waals surface area contributed by atoms with Crippen LogP contribution in [0.25, 0.3) is 0 Å². The van der Waals surface area contributed by atoms with Gasteiger partial charge in [-0.05, 0) is 49.9 Å². The van der Waals surface area contributed by atoms with Crippen LogP contribution in [0, 0.1) is 0 Å². The largest absolute Gasteiger partial charge is 0.492 e. The molecule has 1 saturated carbocycles. The molecular formula is C22H27ClN2O4S. The Bertz CT molecular complexity index is 960. The zero-order chi connectivity index (χ0) is 21.6. The molecule has 0 bridgehead atoms. The first-order valence-corrected chi connectivity index (χ1v) is 12.0. The molecule has 0 saturated heterocycles. The Hall–Kier alpha value is -2.09. The van der Waals surface area contributed by atoms with E-state index in [9.17, 15) is 13.2 Å². The fraction of sp³-hybridized carbons (Fsp3) is 0.409. The van der Waals surface area contributed by atoms with Crippen molar-refractivity contribution in [3.8, 4) is 5.75 Å². The van der Waals surface area contributed by atoms with Gasteiger partial charge in [-0.1, -0.05) is 54.8 Å². The Labute approximate surface area is 183 Å². The molecule has 1 amide bonds. The number of hydrogen-bond acceptors (Lipinski definition) is 4. The van der Waals surface area contributed by atoms with Crippen LogP contribution >= 0.6 is 11.6 Å². The van der Waals surface area contributed by atoms with Gasteiger partial charge in [-0.2, -0.15) is 4.72 Å². The minimum absolute atomic E-state index is 0.0800. The van der Waals surface area contributed by atoms with Gasteiger partial charge in [-0.3, -0.25) is 4.79 Å². The van der Waals surface area contributed by atoms with Crippen molar-refractivity contribution in [3.63, 3.8) is 0 Å². The Balaban J connectivity index is 1.87.